The van der Waals surface area contributed by atoms with E-state index in [2.05, 4.69) is 103 Å². The molecule has 0 bridgehead atoms. The molecule has 0 saturated heterocycles. The average Bonchev–Trinajstić information content (AvgIpc) is 2.68. The first-order valence-corrected chi connectivity index (χ1v) is 10.9. The van der Waals surface area contributed by atoms with Gasteiger partial charge in [0, 0.05) is 11.1 Å². The third-order valence-electron chi connectivity index (χ3n) is 3.73. The van der Waals surface area contributed by atoms with Crippen LogP contribution < -0.4 is 5.73 Å². The number of nitrogens with two attached hydrogens (primary N) is 1. The maximum atomic E-state index is 5.76. The molecule has 0 spiro atoms. The van der Waals surface area contributed by atoms with Gasteiger partial charge in [-0.2, -0.15) is 0 Å². The van der Waals surface area contributed by atoms with Gasteiger partial charge in [0.05, 0.1) is 0 Å². The lowest BCUT2D eigenvalue weighted by atomic mass is 10.1. The van der Waals surface area contributed by atoms with Crippen molar-refractivity contribution in [3.8, 4) is 0 Å². The summed E-state index contributed by atoms with van der Waals surface area (Å²) in [4.78, 5) is 0. The van der Waals surface area contributed by atoms with Gasteiger partial charge in [-0.25, -0.2) is 0 Å². The molecule has 4 aromatic carbocycles. The van der Waals surface area contributed by atoms with Crippen molar-refractivity contribution in [3.05, 3.63) is 90.5 Å². The highest BCUT2D eigenvalue weighted by molar-refractivity contribution is 5.92. The van der Waals surface area contributed by atoms with Crippen molar-refractivity contribution in [2.45, 2.75) is 48.5 Å². The fourth-order valence-electron chi connectivity index (χ4n) is 2.56. The van der Waals surface area contributed by atoms with Crippen LogP contribution in [0.25, 0.3) is 21.5 Å². The van der Waals surface area contributed by atoms with E-state index in [1.54, 1.807) is 0 Å². The van der Waals surface area contributed by atoms with E-state index in [-0.39, 0.29) is 0 Å². The summed E-state index contributed by atoms with van der Waals surface area (Å²) in [6.45, 7) is 15.1. The molecule has 0 aliphatic carbocycles. The summed E-state index contributed by atoms with van der Waals surface area (Å²) >= 11 is 0. The molecule has 1 heteroatoms. The van der Waals surface area contributed by atoms with E-state index in [4.69, 9.17) is 5.73 Å². The van der Waals surface area contributed by atoms with Gasteiger partial charge in [-0.15, -0.1) is 0 Å². The maximum absolute atomic E-state index is 5.76. The number of hydrogen-bond acceptors (Lipinski definition) is 1. The molecule has 0 aliphatic heterocycles. The van der Waals surface area contributed by atoms with Gasteiger partial charge in [-0.3, -0.25) is 0 Å². The van der Waals surface area contributed by atoms with Crippen molar-refractivity contribution in [1.82, 2.24) is 0 Å². The van der Waals surface area contributed by atoms with E-state index in [1.165, 1.54) is 21.7 Å². The van der Waals surface area contributed by atoms with E-state index in [9.17, 15) is 0 Å². The summed E-state index contributed by atoms with van der Waals surface area (Å²) in [6.07, 6.45) is 0. The van der Waals surface area contributed by atoms with Crippen LogP contribution in [0.2, 0.25) is 0 Å². The highest BCUT2D eigenvalue weighted by atomic mass is 14.5. The Bertz CT molecular complexity index is 976. The van der Waals surface area contributed by atoms with Crippen molar-refractivity contribution in [3.63, 3.8) is 0 Å². The summed E-state index contributed by atoms with van der Waals surface area (Å²) < 4.78 is 0. The van der Waals surface area contributed by atoms with E-state index in [0.717, 1.165) is 22.9 Å². The molecule has 0 heterocycles. The van der Waals surface area contributed by atoms with E-state index >= 15 is 0 Å². The van der Waals surface area contributed by atoms with Crippen LogP contribution >= 0.6 is 0 Å². The molecular weight excluding hydrogens is 362 g/mol. The van der Waals surface area contributed by atoms with Crippen molar-refractivity contribution < 1.29 is 0 Å². The van der Waals surface area contributed by atoms with Crippen molar-refractivity contribution >= 4 is 27.2 Å². The average molecular weight is 402 g/mol. The largest absolute Gasteiger partial charge is 0.398 e. The molecule has 0 radical (unpaired) electrons. The minimum Gasteiger partial charge on any atom is -0.398 e. The highest BCUT2D eigenvalue weighted by Gasteiger charge is 1.93. The zero-order valence-electron chi connectivity index (χ0n) is 19.8. The van der Waals surface area contributed by atoms with Gasteiger partial charge in [0.15, 0.2) is 0 Å². The van der Waals surface area contributed by atoms with Gasteiger partial charge in [0.2, 0.25) is 0 Å². The first-order valence-electron chi connectivity index (χ1n) is 10.9. The number of nitrogen functional groups attached to an aromatic ring is 1. The van der Waals surface area contributed by atoms with E-state index in [0.29, 0.717) is 0 Å². The Morgan fingerprint density at radius 2 is 1.00 bits per heavy atom. The second-order valence-corrected chi connectivity index (χ2v) is 8.88. The topological polar surface area (TPSA) is 26.0 Å². The lowest BCUT2D eigenvalue weighted by molar-refractivity contribution is 0.736. The van der Waals surface area contributed by atoms with Crippen LogP contribution in [0.4, 0.5) is 5.69 Å². The molecule has 0 unspecified atom stereocenters. The molecule has 0 amide bonds. The van der Waals surface area contributed by atoms with Gasteiger partial charge in [0.1, 0.15) is 0 Å². The standard InChI is InChI=1S/C11H10.C10H9N.2C4H10/c1-9-6-7-10-4-2-3-5-11(10)8-9;11-10-7-3-5-8-4-1-2-6-9(8)10;2*1-4(2)3/h2-8H,1H3;1-7H,11H2;2*4H,1-3H3. The summed E-state index contributed by atoms with van der Waals surface area (Å²) in [5.41, 5.74) is 7.93. The fourth-order valence-corrected chi connectivity index (χ4v) is 2.56. The quantitative estimate of drug-likeness (QED) is 0.292. The minimum absolute atomic E-state index is 0.833. The molecule has 4 aromatic rings. The van der Waals surface area contributed by atoms with Crippen molar-refractivity contribution in [2.75, 3.05) is 5.73 Å². The van der Waals surface area contributed by atoms with Gasteiger partial charge in [-0.05, 0) is 41.0 Å². The molecule has 30 heavy (non-hydrogen) atoms. The van der Waals surface area contributed by atoms with Gasteiger partial charge in [-0.1, -0.05) is 126 Å². The predicted octanol–water partition coefficient (Wildman–Crippen LogP) is 8.89. The monoisotopic (exact) mass is 401 g/mol. The molecule has 2 N–H and O–H groups in total. The first-order chi connectivity index (χ1) is 14.2. The van der Waals surface area contributed by atoms with Crippen LogP contribution in [0, 0.1) is 18.8 Å². The zero-order valence-corrected chi connectivity index (χ0v) is 19.8. The summed E-state index contributed by atoms with van der Waals surface area (Å²) in [6, 6.07) is 29.0. The molecular formula is C29H39N. The Hall–Kier alpha value is -2.80. The SMILES string of the molecule is CC(C)C.CC(C)C.Cc1ccc2ccccc2c1.Nc1cccc2ccccc12. The lowest BCUT2D eigenvalue weighted by Gasteiger charge is -1.98. The highest BCUT2D eigenvalue weighted by Crippen LogP contribution is 2.19. The van der Waals surface area contributed by atoms with Gasteiger partial charge in [0.25, 0.3) is 0 Å². The first kappa shape index (κ1) is 25.2. The third kappa shape index (κ3) is 10.1. The summed E-state index contributed by atoms with van der Waals surface area (Å²) in [7, 11) is 0. The normalized spacial score (nSPS) is 9.90. The number of aryl methyl sites for hydroxylation is 1. The van der Waals surface area contributed by atoms with Crippen LogP contribution in [-0.4, -0.2) is 0 Å². The molecule has 160 valence electrons. The van der Waals surface area contributed by atoms with Crippen LogP contribution in [0.1, 0.15) is 47.1 Å². The Kier molecular flexibility index (Phi) is 11.3. The minimum atomic E-state index is 0.833. The van der Waals surface area contributed by atoms with Crippen molar-refractivity contribution in [1.29, 1.82) is 0 Å². The number of anilines is 1. The van der Waals surface area contributed by atoms with E-state index in [1.807, 2.05) is 30.3 Å². The Morgan fingerprint density at radius 3 is 1.57 bits per heavy atom. The van der Waals surface area contributed by atoms with Gasteiger partial charge >= 0.3 is 0 Å². The second-order valence-electron chi connectivity index (χ2n) is 8.88. The Labute approximate surface area is 183 Å². The number of hydrogen-bond donors (Lipinski definition) is 1. The smallest absolute Gasteiger partial charge is 0.0393 e. The zero-order chi connectivity index (χ0) is 22.5. The van der Waals surface area contributed by atoms with Crippen LogP contribution in [0.3, 0.4) is 0 Å². The summed E-state index contributed by atoms with van der Waals surface area (Å²) in [5.74, 6) is 1.67. The fraction of sp³-hybridized carbons (Fsp3) is 0.310. The molecule has 0 aromatic heterocycles. The Morgan fingerprint density at radius 1 is 0.533 bits per heavy atom. The van der Waals surface area contributed by atoms with Crippen LogP contribution in [0.5, 0.6) is 0 Å². The van der Waals surface area contributed by atoms with Crippen LogP contribution in [-0.2, 0) is 0 Å². The maximum Gasteiger partial charge on any atom is 0.0393 e. The molecule has 1 nitrogen and oxygen atoms in total. The molecule has 4 rings (SSSR count). The number of fused-ring (bicyclic) bond motifs is 2. The van der Waals surface area contributed by atoms with E-state index < -0.39 is 0 Å². The summed E-state index contributed by atoms with van der Waals surface area (Å²) in [5, 5.41) is 4.98. The lowest BCUT2D eigenvalue weighted by Crippen LogP contribution is -1.84. The second kappa shape index (κ2) is 13.4. The number of benzene rings is 4. The third-order valence-corrected chi connectivity index (χ3v) is 3.73. The predicted molar refractivity (Wildman–Crippen MR) is 138 cm³/mol. The van der Waals surface area contributed by atoms with Gasteiger partial charge < -0.3 is 5.73 Å². The molecule has 0 aliphatic rings. The van der Waals surface area contributed by atoms with Crippen molar-refractivity contribution in [2.24, 2.45) is 11.8 Å². The molecule has 0 saturated carbocycles. The molecule has 0 fully saturated rings. The molecule has 0 atom stereocenters. The van der Waals surface area contributed by atoms with Crippen LogP contribution in [0.15, 0.2) is 84.9 Å². The number of rotatable bonds is 0. The Balaban J connectivity index is 0.000000224.